The molecule has 0 unspecified atom stereocenters. The van der Waals surface area contributed by atoms with Gasteiger partial charge in [0.15, 0.2) is 14.9 Å². The van der Waals surface area contributed by atoms with E-state index in [1.54, 1.807) is 0 Å². The second-order valence-corrected chi connectivity index (χ2v) is 4.32. The average molecular weight is 201 g/mol. The van der Waals surface area contributed by atoms with Crippen LogP contribution in [-0.2, 0) is 9.84 Å². The Labute approximate surface area is 74.7 Å². The molecular weight excluding hydrogens is 194 g/mol. The summed E-state index contributed by atoms with van der Waals surface area (Å²) < 4.78 is 22.1. The third kappa shape index (κ3) is 2.00. The molecule has 13 heavy (non-hydrogen) atoms. The Bertz CT molecular complexity index is 440. The first kappa shape index (κ1) is 9.59. The number of amides is 1. The van der Waals surface area contributed by atoms with Gasteiger partial charge in [-0.2, -0.15) is 5.10 Å². The summed E-state index contributed by atoms with van der Waals surface area (Å²) in [5, 5.41) is 6.30. The molecule has 0 atom stereocenters. The average Bonchev–Trinajstić information content (AvgIpc) is 2.03. The van der Waals surface area contributed by atoms with Crippen LogP contribution in [0.1, 0.15) is 10.4 Å². The smallest absolute Gasteiger partial charge is 0.251 e. The molecule has 0 aliphatic carbocycles. The van der Waals surface area contributed by atoms with Gasteiger partial charge in [0.05, 0.1) is 11.8 Å². The van der Waals surface area contributed by atoms with Crippen molar-refractivity contribution in [1.82, 2.24) is 10.2 Å². The second-order valence-electron chi connectivity index (χ2n) is 2.39. The van der Waals surface area contributed by atoms with E-state index in [2.05, 4.69) is 10.2 Å². The first-order valence-corrected chi connectivity index (χ1v) is 5.13. The normalized spacial score (nSPS) is 11.2. The summed E-state index contributed by atoms with van der Waals surface area (Å²) in [6.45, 7) is 0. The molecule has 6 nitrogen and oxygen atoms in total. The van der Waals surface area contributed by atoms with E-state index in [4.69, 9.17) is 5.73 Å². The van der Waals surface area contributed by atoms with Gasteiger partial charge in [-0.05, 0) is 6.07 Å². The lowest BCUT2D eigenvalue weighted by Crippen LogP contribution is -2.17. The minimum absolute atomic E-state index is 0.141. The van der Waals surface area contributed by atoms with Gasteiger partial charge in [-0.25, -0.2) is 8.42 Å². The van der Waals surface area contributed by atoms with Crippen molar-refractivity contribution in [3.63, 3.8) is 0 Å². The molecule has 2 N–H and O–H groups in total. The zero-order chi connectivity index (χ0) is 10.1. The number of carbonyl (C=O) groups excluding carboxylic acids is 1. The van der Waals surface area contributed by atoms with Crippen LogP contribution >= 0.6 is 0 Å². The minimum atomic E-state index is -3.55. The topological polar surface area (TPSA) is 103 Å². The number of nitrogens with zero attached hydrogens (tertiary/aromatic N) is 2. The standard InChI is InChI=1S/C6H7N3O3S/c1-13(11,12)6-4(5(7)10)2-3-8-9-6/h2-3H,1H3,(H2,7,10). The Kier molecular flexibility index (Phi) is 2.28. The Morgan fingerprint density at radius 1 is 1.54 bits per heavy atom. The fraction of sp³-hybridized carbons (Fsp3) is 0.167. The largest absolute Gasteiger partial charge is 0.366 e. The van der Waals surface area contributed by atoms with Crippen LogP contribution in [-0.4, -0.2) is 30.8 Å². The molecule has 7 heteroatoms. The van der Waals surface area contributed by atoms with Crippen LogP contribution < -0.4 is 5.73 Å². The molecule has 0 bridgehead atoms. The van der Waals surface area contributed by atoms with E-state index in [0.717, 1.165) is 6.26 Å². The summed E-state index contributed by atoms with van der Waals surface area (Å²) >= 11 is 0. The van der Waals surface area contributed by atoms with E-state index < -0.39 is 15.7 Å². The molecule has 0 radical (unpaired) electrons. The Balaban J connectivity index is 3.46. The number of carbonyl (C=O) groups is 1. The fourth-order valence-electron chi connectivity index (χ4n) is 0.780. The summed E-state index contributed by atoms with van der Waals surface area (Å²) in [6, 6.07) is 1.21. The van der Waals surface area contributed by atoms with Crippen LogP contribution in [0.3, 0.4) is 0 Å². The number of nitrogens with two attached hydrogens (primary N) is 1. The lowest BCUT2D eigenvalue weighted by atomic mass is 10.3. The minimum Gasteiger partial charge on any atom is -0.366 e. The SMILES string of the molecule is CS(=O)(=O)c1nnccc1C(N)=O. The van der Waals surface area contributed by atoms with Crippen molar-refractivity contribution in [2.45, 2.75) is 5.03 Å². The second kappa shape index (κ2) is 3.09. The summed E-state index contributed by atoms with van der Waals surface area (Å²) in [4.78, 5) is 10.8. The summed E-state index contributed by atoms with van der Waals surface area (Å²) in [7, 11) is -3.55. The predicted molar refractivity (Wildman–Crippen MR) is 43.7 cm³/mol. The van der Waals surface area contributed by atoms with Crippen molar-refractivity contribution in [3.05, 3.63) is 17.8 Å². The number of primary amides is 1. The maximum Gasteiger partial charge on any atom is 0.251 e. The number of rotatable bonds is 2. The van der Waals surface area contributed by atoms with Gasteiger partial charge in [-0.3, -0.25) is 4.79 Å². The highest BCUT2D eigenvalue weighted by molar-refractivity contribution is 7.90. The highest BCUT2D eigenvalue weighted by atomic mass is 32.2. The predicted octanol–water partition coefficient (Wildman–Crippen LogP) is -1.02. The quantitative estimate of drug-likeness (QED) is 0.659. The van der Waals surface area contributed by atoms with E-state index in [0.29, 0.717) is 0 Å². The van der Waals surface area contributed by atoms with Crippen molar-refractivity contribution in [2.24, 2.45) is 5.73 Å². The molecule has 0 aromatic carbocycles. The van der Waals surface area contributed by atoms with Gasteiger partial charge in [0.25, 0.3) is 5.91 Å². The number of hydrogen-bond acceptors (Lipinski definition) is 5. The molecular formula is C6H7N3O3S. The number of sulfone groups is 1. The first-order valence-electron chi connectivity index (χ1n) is 3.24. The summed E-state index contributed by atoms with van der Waals surface area (Å²) in [5.41, 5.74) is 4.80. The monoisotopic (exact) mass is 201 g/mol. The van der Waals surface area contributed by atoms with Crippen molar-refractivity contribution >= 4 is 15.7 Å². The summed E-state index contributed by atoms with van der Waals surface area (Å²) in [6.07, 6.45) is 2.14. The molecule has 1 amide bonds. The molecule has 0 aliphatic heterocycles. The molecule has 0 saturated carbocycles. The molecule has 1 aromatic rings. The highest BCUT2D eigenvalue weighted by Gasteiger charge is 2.18. The maximum atomic E-state index is 11.0. The van der Waals surface area contributed by atoms with Crippen LogP contribution in [0.25, 0.3) is 0 Å². The zero-order valence-electron chi connectivity index (χ0n) is 6.76. The zero-order valence-corrected chi connectivity index (χ0v) is 7.58. The van der Waals surface area contributed by atoms with Crippen LogP contribution in [0.15, 0.2) is 17.3 Å². The van der Waals surface area contributed by atoms with E-state index in [9.17, 15) is 13.2 Å². The van der Waals surface area contributed by atoms with Gasteiger partial charge in [0, 0.05) is 6.26 Å². The van der Waals surface area contributed by atoms with Crippen molar-refractivity contribution in [3.8, 4) is 0 Å². The number of aromatic nitrogens is 2. The molecule has 1 aromatic heterocycles. The molecule has 1 heterocycles. The van der Waals surface area contributed by atoms with Crippen molar-refractivity contribution in [2.75, 3.05) is 6.26 Å². The van der Waals surface area contributed by atoms with E-state index in [1.165, 1.54) is 12.3 Å². The van der Waals surface area contributed by atoms with Crippen LogP contribution in [0, 0.1) is 0 Å². The Morgan fingerprint density at radius 3 is 2.54 bits per heavy atom. The lowest BCUT2D eigenvalue weighted by Gasteiger charge is -2.00. The van der Waals surface area contributed by atoms with Gasteiger partial charge in [-0.1, -0.05) is 0 Å². The first-order chi connectivity index (χ1) is 5.93. The van der Waals surface area contributed by atoms with E-state index in [1.807, 2.05) is 0 Å². The molecule has 70 valence electrons. The lowest BCUT2D eigenvalue weighted by molar-refractivity contribution is 0.0996. The molecule has 0 spiro atoms. The van der Waals surface area contributed by atoms with E-state index in [-0.39, 0.29) is 10.6 Å². The van der Waals surface area contributed by atoms with Crippen LogP contribution in [0.4, 0.5) is 0 Å². The fourth-order valence-corrected chi connectivity index (χ4v) is 1.54. The van der Waals surface area contributed by atoms with Crippen LogP contribution in [0.5, 0.6) is 0 Å². The molecule has 0 aliphatic rings. The van der Waals surface area contributed by atoms with Crippen molar-refractivity contribution in [1.29, 1.82) is 0 Å². The van der Waals surface area contributed by atoms with E-state index >= 15 is 0 Å². The van der Waals surface area contributed by atoms with Gasteiger partial charge >= 0.3 is 0 Å². The van der Waals surface area contributed by atoms with Gasteiger partial charge in [0.2, 0.25) is 0 Å². The molecule has 1 rings (SSSR count). The number of hydrogen-bond donors (Lipinski definition) is 1. The van der Waals surface area contributed by atoms with Gasteiger partial charge in [-0.15, -0.1) is 5.10 Å². The Hall–Kier alpha value is -1.50. The van der Waals surface area contributed by atoms with Gasteiger partial charge in [0.1, 0.15) is 0 Å². The maximum absolute atomic E-state index is 11.0. The van der Waals surface area contributed by atoms with Crippen molar-refractivity contribution < 1.29 is 13.2 Å². The molecule has 0 saturated heterocycles. The summed E-state index contributed by atoms with van der Waals surface area (Å²) in [5.74, 6) is -0.838. The third-order valence-corrected chi connectivity index (χ3v) is 2.31. The van der Waals surface area contributed by atoms with Crippen LogP contribution in [0.2, 0.25) is 0 Å². The Morgan fingerprint density at radius 2 is 2.15 bits per heavy atom. The van der Waals surface area contributed by atoms with Gasteiger partial charge < -0.3 is 5.73 Å². The highest BCUT2D eigenvalue weighted by Crippen LogP contribution is 2.09. The third-order valence-electron chi connectivity index (χ3n) is 1.30. The molecule has 0 fully saturated rings.